The van der Waals surface area contributed by atoms with E-state index < -0.39 is 0 Å². The molecule has 0 saturated heterocycles. The summed E-state index contributed by atoms with van der Waals surface area (Å²) in [6, 6.07) is 20.1. The normalized spacial score (nSPS) is 13.5. The van der Waals surface area contributed by atoms with E-state index >= 15 is 0 Å². The van der Waals surface area contributed by atoms with Crippen LogP contribution in [-0.4, -0.2) is 11.7 Å². The zero-order chi connectivity index (χ0) is 13.5. The van der Waals surface area contributed by atoms with Crippen LogP contribution in [0, 0.1) is 18.3 Å². The SMILES string of the molecule is C#C[C@H](c1ccccc1)[C@H](CO)Cc1ccccc1. The van der Waals surface area contributed by atoms with Gasteiger partial charge in [0.25, 0.3) is 0 Å². The molecule has 0 fully saturated rings. The van der Waals surface area contributed by atoms with Crippen LogP contribution in [0.1, 0.15) is 17.0 Å². The fourth-order valence-electron chi connectivity index (χ4n) is 2.37. The highest BCUT2D eigenvalue weighted by molar-refractivity contribution is 5.28. The lowest BCUT2D eigenvalue weighted by molar-refractivity contribution is 0.216. The van der Waals surface area contributed by atoms with Crippen LogP contribution in [-0.2, 0) is 6.42 Å². The minimum absolute atomic E-state index is 0.0496. The molecule has 0 heterocycles. The summed E-state index contributed by atoms with van der Waals surface area (Å²) in [5.74, 6) is 2.83. The van der Waals surface area contributed by atoms with E-state index in [0.717, 1.165) is 12.0 Å². The van der Waals surface area contributed by atoms with E-state index in [1.54, 1.807) is 0 Å². The molecule has 0 aliphatic rings. The number of rotatable bonds is 5. The fourth-order valence-corrected chi connectivity index (χ4v) is 2.37. The summed E-state index contributed by atoms with van der Waals surface area (Å²) in [4.78, 5) is 0. The second kappa shape index (κ2) is 6.78. The number of hydrogen-bond acceptors (Lipinski definition) is 1. The van der Waals surface area contributed by atoms with Crippen molar-refractivity contribution < 1.29 is 5.11 Å². The Kier molecular flexibility index (Phi) is 4.78. The Balaban J connectivity index is 2.18. The van der Waals surface area contributed by atoms with Gasteiger partial charge in [-0.3, -0.25) is 0 Å². The first-order valence-electron chi connectivity index (χ1n) is 6.51. The molecule has 0 bridgehead atoms. The van der Waals surface area contributed by atoms with Crippen LogP contribution in [0.5, 0.6) is 0 Å². The topological polar surface area (TPSA) is 20.2 Å². The number of benzene rings is 2. The lowest BCUT2D eigenvalue weighted by Crippen LogP contribution is -2.18. The van der Waals surface area contributed by atoms with E-state index in [1.807, 2.05) is 48.5 Å². The smallest absolute Gasteiger partial charge is 0.0502 e. The van der Waals surface area contributed by atoms with Crippen molar-refractivity contribution in [2.75, 3.05) is 6.61 Å². The molecule has 1 N–H and O–H groups in total. The third-order valence-electron chi connectivity index (χ3n) is 3.38. The molecule has 1 heteroatoms. The lowest BCUT2D eigenvalue weighted by Gasteiger charge is -2.21. The highest BCUT2D eigenvalue weighted by atomic mass is 16.3. The number of aliphatic hydroxyl groups is 1. The molecule has 2 aromatic carbocycles. The molecule has 0 spiro atoms. The predicted octanol–water partition coefficient (Wildman–Crippen LogP) is 3.25. The lowest BCUT2D eigenvalue weighted by atomic mass is 9.83. The van der Waals surface area contributed by atoms with Crippen molar-refractivity contribution in [3.8, 4) is 12.3 Å². The van der Waals surface area contributed by atoms with Crippen LogP contribution in [0.25, 0.3) is 0 Å². The van der Waals surface area contributed by atoms with E-state index in [9.17, 15) is 5.11 Å². The van der Waals surface area contributed by atoms with Crippen molar-refractivity contribution >= 4 is 0 Å². The first-order valence-corrected chi connectivity index (χ1v) is 6.51. The van der Waals surface area contributed by atoms with Gasteiger partial charge >= 0.3 is 0 Å². The zero-order valence-corrected chi connectivity index (χ0v) is 10.9. The molecule has 19 heavy (non-hydrogen) atoms. The minimum Gasteiger partial charge on any atom is -0.396 e. The van der Waals surface area contributed by atoms with Gasteiger partial charge in [0.15, 0.2) is 0 Å². The Morgan fingerprint density at radius 3 is 2.05 bits per heavy atom. The summed E-state index contributed by atoms with van der Waals surface area (Å²) in [6.07, 6.45) is 6.47. The molecule has 0 unspecified atom stereocenters. The van der Waals surface area contributed by atoms with Gasteiger partial charge in [-0.15, -0.1) is 6.42 Å². The van der Waals surface area contributed by atoms with Gasteiger partial charge in [0, 0.05) is 12.5 Å². The molecule has 0 radical (unpaired) electrons. The van der Waals surface area contributed by atoms with Crippen molar-refractivity contribution in [2.24, 2.45) is 5.92 Å². The molecule has 0 aliphatic carbocycles. The zero-order valence-electron chi connectivity index (χ0n) is 10.9. The van der Waals surface area contributed by atoms with Gasteiger partial charge in [0.2, 0.25) is 0 Å². The van der Waals surface area contributed by atoms with Crippen LogP contribution in [0.2, 0.25) is 0 Å². The predicted molar refractivity (Wildman–Crippen MR) is 78.7 cm³/mol. The third kappa shape index (κ3) is 3.47. The largest absolute Gasteiger partial charge is 0.396 e. The van der Waals surface area contributed by atoms with E-state index in [2.05, 4.69) is 18.1 Å². The summed E-state index contributed by atoms with van der Waals surface area (Å²) in [5, 5.41) is 9.65. The average Bonchev–Trinajstić information content (AvgIpc) is 2.49. The third-order valence-corrected chi connectivity index (χ3v) is 3.38. The maximum Gasteiger partial charge on any atom is 0.0502 e. The summed E-state index contributed by atoms with van der Waals surface area (Å²) in [6.45, 7) is 0.0959. The Morgan fingerprint density at radius 1 is 0.947 bits per heavy atom. The molecule has 2 atom stereocenters. The number of aliphatic hydroxyl groups excluding tert-OH is 1. The minimum atomic E-state index is -0.0496. The van der Waals surface area contributed by atoms with Crippen LogP contribution in [0.15, 0.2) is 60.7 Å². The molecular formula is C18H18O. The maximum atomic E-state index is 9.65. The quantitative estimate of drug-likeness (QED) is 0.808. The van der Waals surface area contributed by atoms with Crippen molar-refractivity contribution in [1.82, 2.24) is 0 Å². The number of hydrogen-bond donors (Lipinski definition) is 1. The highest BCUT2D eigenvalue weighted by Gasteiger charge is 2.20. The van der Waals surface area contributed by atoms with Gasteiger partial charge in [0.1, 0.15) is 0 Å². The summed E-state index contributed by atoms with van der Waals surface area (Å²) in [7, 11) is 0. The summed E-state index contributed by atoms with van der Waals surface area (Å²) >= 11 is 0. The Labute approximate surface area is 114 Å². The highest BCUT2D eigenvalue weighted by Crippen LogP contribution is 2.26. The maximum absolute atomic E-state index is 9.65. The Bertz CT molecular complexity index is 525. The fraction of sp³-hybridized carbons (Fsp3) is 0.222. The molecule has 0 aliphatic heterocycles. The van der Waals surface area contributed by atoms with E-state index in [-0.39, 0.29) is 18.4 Å². The number of terminal acetylenes is 1. The second-order valence-corrected chi connectivity index (χ2v) is 4.69. The van der Waals surface area contributed by atoms with Crippen molar-refractivity contribution in [3.05, 3.63) is 71.8 Å². The average molecular weight is 250 g/mol. The molecule has 96 valence electrons. The standard InChI is InChI=1S/C18H18O/c1-2-18(16-11-7-4-8-12-16)17(14-19)13-15-9-5-3-6-10-15/h1,3-12,17-19H,13-14H2/t17-,18+/m0/s1. The van der Waals surface area contributed by atoms with E-state index in [4.69, 9.17) is 6.42 Å². The molecule has 2 aromatic rings. The molecule has 0 amide bonds. The van der Waals surface area contributed by atoms with Gasteiger partial charge in [-0.25, -0.2) is 0 Å². The first kappa shape index (κ1) is 13.4. The van der Waals surface area contributed by atoms with E-state index in [1.165, 1.54) is 5.56 Å². The molecule has 0 aromatic heterocycles. The van der Waals surface area contributed by atoms with Crippen LogP contribution < -0.4 is 0 Å². The van der Waals surface area contributed by atoms with Gasteiger partial charge in [-0.1, -0.05) is 66.6 Å². The van der Waals surface area contributed by atoms with E-state index in [0.29, 0.717) is 0 Å². The van der Waals surface area contributed by atoms with Gasteiger partial charge in [-0.2, -0.15) is 0 Å². The molecule has 2 rings (SSSR count). The summed E-state index contributed by atoms with van der Waals surface area (Å²) in [5.41, 5.74) is 2.30. The second-order valence-electron chi connectivity index (χ2n) is 4.69. The Hall–Kier alpha value is -2.04. The van der Waals surface area contributed by atoms with Crippen LogP contribution >= 0.6 is 0 Å². The summed E-state index contributed by atoms with van der Waals surface area (Å²) < 4.78 is 0. The van der Waals surface area contributed by atoms with Crippen LogP contribution in [0.4, 0.5) is 0 Å². The Morgan fingerprint density at radius 2 is 1.53 bits per heavy atom. The first-order chi connectivity index (χ1) is 9.35. The van der Waals surface area contributed by atoms with Crippen molar-refractivity contribution in [2.45, 2.75) is 12.3 Å². The van der Waals surface area contributed by atoms with Gasteiger partial charge < -0.3 is 5.11 Å². The monoisotopic (exact) mass is 250 g/mol. The molecular weight excluding hydrogens is 232 g/mol. The van der Waals surface area contributed by atoms with Crippen LogP contribution in [0.3, 0.4) is 0 Å². The van der Waals surface area contributed by atoms with Crippen molar-refractivity contribution in [3.63, 3.8) is 0 Å². The van der Waals surface area contributed by atoms with Crippen molar-refractivity contribution in [1.29, 1.82) is 0 Å². The molecule has 0 saturated carbocycles. The van der Waals surface area contributed by atoms with Gasteiger partial charge in [0.05, 0.1) is 5.92 Å². The van der Waals surface area contributed by atoms with Gasteiger partial charge in [-0.05, 0) is 17.5 Å². The molecule has 1 nitrogen and oxygen atoms in total.